The van der Waals surface area contributed by atoms with Gasteiger partial charge in [-0.05, 0) is 61.1 Å². The molecule has 166 valence electrons. The SMILES string of the molecule is COc1cc(I)c(CC2C(=O)N(C)C(C(C)(C)C)[N+]2(C(=O)O)C(C)(C)C)cc1C=O. The molecule has 1 aliphatic heterocycles. The van der Waals surface area contributed by atoms with Crippen LogP contribution in [0.4, 0.5) is 4.79 Å². The van der Waals surface area contributed by atoms with E-state index in [1.54, 1.807) is 24.1 Å². The second-order valence-corrected chi connectivity index (χ2v) is 11.1. The molecule has 0 spiro atoms. The Kier molecular flexibility index (Phi) is 6.64. The zero-order valence-electron chi connectivity index (χ0n) is 18.9. The van der Waals surface area contributed by atoms with Crippen LogP contribution in [0.25, 0.3) is 0 Å². The van der Waals surface area contributed by atoms with Crippen molar-refractivity contribution in [2.45, 2.75) is 65.7 Å². The number of carbonyl (C=O) groups is 3. The van der Waals surface area contributed by atoms with E-state index in [1.165, 1.54) is 7.11 Å². The van der Waals surface area contributed by atoms with Crippen molar-refractivity contribution < 1.29 is 28.7 Å². The number of ether oxygens (including phenoxy) is 1. The third-order valence-corrected chi connectivity index (χ3v) is 7.02. The molecule has 1 saturated heterocycles. The summed E-state index contributed by atoms with van der Waals surface area (Å²) in [6.07, 6.45) is -0.650. The largest absolute Gasteiger partial charge is 0.516 e. The Balaban J connectivity index is 2.75. The van der Waals surface area contributed by atoms with Gasteiger partial charge in [-0.15, -0.1) is 0 Å². The molecule has 8 heteroatoms. The molecular formula is C22H32IN2O5+. The van der Waals surface area contributed by atoms with Crippen molar-refractivity contribution in [2.75, 3.05) is 14.2 Å². The molecule has 0 radical (unpaired) electrons. The van der Waals surface area contributed by atoms with Gasteiger partial charge in [-0.2, -0.15) is 9.28 Å². The molecule has 1 aromatic rings. The minimum absolute atomic E-state index is 0.202. The lowest BCUT2D eigenvalue weighted by Gasteiger charge is -2.51. The van der Waals surface area contributed by atoms with Crippen LogP contribution in [0.5, 0.6) is 5.75 Å². The van der Waals surface area contributed by atoms with E-state index in [0.29, 0.717) is 17.6 Å². The first-order chi connectivity index (χ1) is 13.6. The number of carbonyl (C=O) groups excluding carboxylic acids is 2. The number of hydrogen-bond acceptors (Lipinski definition) is 4. The number of carboxylic acid groups (broad SMARTS) is 1. The Morgan fingerprint density at radius 2 is 1.83 bits per heavy atom. The van der Waals surface area contributed by atoms with Crippen molar-refractivity contribution in [3.63, 3.8) is 0 Å². The maximum Gasteiger partial charge on any atom is 0.516 e. The molecule has 3 unspecified atom stereocenters. The Labute approximate surface area is 192 Å². The smallest absolute Gasteiger partial charge is 0.496 e. The van der Waals surface area contributed by atoms with Crippen molar-refractivity contribution in [1.29, 1.82) is 0 Å². The van der Waals surface area contributed by atoms with E-state index < -0.39 is 33.7 Å². The average molecular weight is 531 g/mol. The fraction of sp³-hybridized carbons (Fsp3) is 0.591. The van der Waals surface area contributed by atoms with Gasteiger partial charge in [0.1, 0.15) is 11.3 Å². The second-order valence-electron chi connectivity index (χ2n) is 9.94. The monoisotopic (exact) mass is 531 g/mol. The van der Waals surface area contributed by atoms with Crippen LogP contribution in [0.2, 0.25) is 0 Å². The summed E-state index contributed by atoms with van der Waals surface area (Å²) in [6, 6.07) is 2.62. The molecule has 1 N–H and O–H groups in total. The minimum atomic E-state index is -1.02. The number of aldehydes is 1. The lowest BCUT2D eigenvalue weighted by Crippen LogP contribution is -2.73. The number of nitrogens with zero attached hydrogens (tertiary/aromatic N) is 2. The van der Waals surface area contributed by atoms with E-state index in [9.17, 15) is 19.5 Å². The van der Waals surface area contributed by atoms with E-state index >= 15 is 0 Å². The number of rotatable bonds is 4. The summed E-state index contributed by atoms with van der Waals surface area (Å²) in [6.45, 7) is 11.5. The highest BCUT2D eigenvalue weighted by Gasteiger charge is 2.70. The number of hydrogen-bond donors (Lipinski definition) is 1. The summed E-state index contributed by atoms with van der Waals surface area (Å²) in [5, 5.41) is 10.6. The second kappa shape index (κ2) is 8.11. The molecule has 1 fully saturated rings. The van der Waals surface area contributed by atoms with E-state index in [1.807, 2.05) is 41.5 Å². The first-order valence-electron chi connectivity index (χ1n) is 9.84. The molecule has 2 amide bonds. The fourth-order valence-corrected chi connectivity index (χ4v) is 5.67. The summed E-state index contributed by atoms with van der Waals surface area (Å²) in [5.74, 6) is 0.252. The van der Waals surface area contributed by atoms with Crippen molar-refractivity contribution in [1.82, 2.24) is 4.90 Å². The van der Waals surface area contributed by atoms with E-state index in [0.717, 1.165) is 9.13 Å². The van der Waals surface area contributed by atoms with Crippen LogP contribution in [0.15, 0.2) is 12.1 Å². The molecule has 1 aliphatic rings. The van der Waals surface area contributed by atoms with Crippen molar-refractivity contribution in [2.24, 2.45) is 5.41 Å². The molecule has 0 bridgehead atoms. The third-order valence-electron chi connectivity index (χ3n) is 6.02. The molecule has 0 saturated carbocycles. The maximum absolute atomic E-state index is 13.5. The van der Waals surface area contributed by atoms with Crippen LogP contribution in [0.3, 0.4) is 0 Å². The Morgan fingerprint density at radius 1 is 1.27 bits per heavy atom. The summed E-state index contributed by atoms with van der Waals surface area (Å²) in [5.41, 5.74) is -0.0809. The molecule has 1 heterocycles. The minimum Gasteiger partial charge on any atom is -0.496 e. The third kappa shape index (κ3) is 3.72. The molecule has 0 aliphatic carbocycles. The Morgan fingerprint density at radius 3 is 2.23 bits per heavy atom. The first kappa shape index (κ1) is 24.6. The van der Waals surface area contributed by atoms with Crippen LogP contribution in [0, 0.1) is 8.99 Å². The topological polar surface area (TPSA) is 83.9 Å². The lowest BCUT2D eigenvalue weighted by atomic mass is 9.85. The predicted molar refractivity (Wildman–Crippen MR) is 123 cm³/mol. The van der Waals surface area contributed by atoms with Gasteiger partial charge >= 0.3 is 6.09 Å². The van der Waals surface area contributed by atoms with Crippen LogP contribution in [-0.2, 0) is 11.2 Å². The van der Waals surface area contributed by atoms with Gasteiger partial charge in [0.2, 0.25) is 0 Å². The molecule has 0 aromatic heterocycles. The quantitative estimate of drug-likeness (QED) is 0.359. The van der Waals surface area contributed by atoms with Crippen LogP contribution >= 0.6 is 22.6 Å². The van der Waals surface area contributed by atoms with Crippen LogP contribution in [0.1, 0.15) is 57.5 Å². The highest BCUT2D eigenvalue weighted by atomic mass is 127. The van der Waals surface area contributed by atoms with Crippen molar-refractivity contribution >= 4 is 40.9 Å². The number of benzene rings is 1. The van der Waals surface area contributed by atoms with Crippen LogP contribution < -0.4 is 4.74 Å². The molecule has 7 nitrogen and oxygen atoms in total. The summed E-state index contributed by atoms with van der Waals surface area (Å²) >= 11 is 2.14. The number of halogens is 1. The fourth-order valence-electron chi connectivity index (χ4n) is 5.01. The molecular weight excluding hydrogens is 499 g/mol. The van der Waals surface area contributed by atoms with Gasteiger partial charge in [0.05, 0.1) is 12.7 Å². The average Bonchev–Trinajstić information content (AvgIpc) is 2.85. The summed E-state index contributed by atoms with van der Waals surface area (Å²) < 4.78 is 5.69. The molecule has 1 aromatic carbocycles. The lowest BCUT2D eigenvalue weighted by molar-refractivity contribution is -0.944. The van der Waals surface area contributed by atoms with E-state index in [4.69, 9.17) is 4.74 Å². The van der Waals surface area contributed by atoms with E-state index in [-0.39, 0.29) is 12.3 Å². The molecule has 30 heavy (non-hydrogen) atoms. The summed E-state index contributed by atoms with van der Waals surface area (Å²) in [7, 11) is 3.18. The van der Waals surface area contributed by atoms with Gasteiger partial charge in [-0.1, -0.05) is 20.8 Å². The number of methoxy groups -OCH3 is 1. The number of quaternary nitrogens is 1. The van der Waals surface area contributed by atoms with Crippen LogP contribution in [-0.4, -0.2) is 64.7 Å². The zero-order chi connectivity index (χ0) is 23.2. The van der Waals surface area contributed by atoms with Gasteiger partial charge in [-0.3, -0.25) is 14.5 Å². The van der Waals surface area contributed by atoms with Gasteiger partial charge in [0.25, 0.3) is 5.91 Å². The normalized spacial score (nSPS) is 24.8. The highest BCUT2D eigenvalue weighted by Crippen LogP contribution is 2.47. The van der Waals surface area contributed by atoms with Gasteiger partial charge < -0.3 is 9.84 Å². The van der Waals surface area contributed by atoms with Crippen molar-refractivity contribution in [3.8, 4) is 5.75 Å². The predicted octanol–water partition coefficient (Wildman–Crippen LogP) is 4.16. The highest BCUT2D eigenvalue weighted by molar-refractivity contribution is 14.1. The van der Waals surface area contributed by atoms with Gasteiger partial charge in [0.15, 0.2) is 18.5 Å². The number of likely N-dealkylation sites (N-methyl/N-ethyl adjacent to an activating group) is 1. The Hall–Kier alpha value is -1.68. The van der Waals surface area contributed by atoms with Gasteiger partial charge in [0, 0.05) is 22.5 Å². The van der Waals surface area contributed by atoms with E-state index in [2.05, 4.69) is 22.6 Å². The molecule has 3 atom stereocenters. The summed E-state index contributed by atoms with van der Waals surface area (Å²) in [4.78, 5) is 39.5. The first-order valence-corrected chi connectivity index (χ1v) is 10.9. The Bertz CT molecular complexity index is 872. The van der Waals surface area contributed by atoms with Gasteiger partial charge in [-0.25, -0.2) is 0 Å². The standard InChI is InChI=1S/C22H31IN2O5/c1-21(2,3)19-24(7)18(27)16(25(19,20(28)29)22(4,5)6)10-13-9-14(12-26)17(30-8)11-15(13)23/h9,11-12,16,19H,10H2,1-8H3/p+1. The van der Waals surface area contributed by atoms with Crippen molar-refractivity contribution in [3.05, 3.63) is 26.8 Å². The molecule has 2 rings (SSSR count). The number of amides is 2. The maximum atomic E-state index is 13.5. The zero-order valence-corrected chi connectivity index (χ0v) is 21.1.